The first-order valence-electron chi connectivity index (χ1n) is 8.89. The lowest BCUT2D eigenvalue weighted by molar-refractivity contribution is 0.0544. The molecule has 2 amide bonds. The number of fused-ring (bicyclic) bond motifs is 1. The minimum Gasteiger partial charge on any atom is -0.445 e. The number of hydrogen-bond donors (Lipinski definition) is 1. The SMILES string of the molecule is O=C(OCc1ccccc1)N1CCN(C(=O)c2ccc3nc[nH]c3c2)CC1. The van der Waals surface area contributed by atoms with Gasteiger partial charge >= 0.3 is 6.09 Å². The van der Waals surface area contributed by atoms with Gasteiger partial charge in [-0.15, -0.1) is 0 Å². The molecule has 1 aliphatic heterocycles. The van der Waals surface area contributed by atoms with Gasteiger partial charge in [0, 0.05) is 31.7 Å². The van der Waals surface area contributed by atoms with Gasteiger partial charge in [-0.1, -0.05) is 30.3 Å². The van der Waals surface area contributed by atoms with Crippen LogP contribution in [0.1, 0.15) is 15.9 Å². The molecule has 0 bridgehead atoms. The van der Waals surface area contributed by atoms with Gasteiger partial charge in [0.25, 0.3) is 5.91 Å². The summed E-state index contributed by atoms with van der Waals surface area (Å²) in [6.07, 6.45) is 1.27. The first-order chi connectivity index (χ1) is 13.2. The highest BCUT2D eigenvalue weighted by Crippen LogP contribution is 2.15. The number of piperazine rings is 1. The third-order valence-electron chi connectivity index (χ3n) is 4.70. The van der Waals surface area contributed by atoms with Gasteiger partial charge in [0.1, 0.15) is 6.61 Å². The second kappa shape index (κ2) is 7.49. The fourth-order valence-corrected chi connectivity index (χ4v) is 3.15. The Morgan fingerprint density at radius 3 is 2.52 bits per heavy atom. The number of hydrogen-bond acceptors (Lipinski definition) is 4. The predicted molar refractivity (Wildman–Crippen MR) is 100 cm³/mol. The zero-order chi connectivity index (χ0) is 18.6. The summed E-state index contributed by atoms with van der Waals surface area (Å²) in [5.74, 6) is -0.0381. The zero-order valence-corrected chi connectivity index (χ0v) is 14.8. The molecule has 138 valence electrons. The molecule has 0 atom stereocenters. The number of ether oxygens (including phenoxy) is 1. The normalized spacial score (nSPS) is 14.4. The van der Waals surface area contributed by atoms with Crippen LogP contribution >= 0.6 is 0 Å². The Bertz CT molecular complexity index is 946. The Balaban J connectivity index is 1.31. The van der Waals surface area contributed by atoms with Crippen molar-refractivity contribution in [1.29, 1.82) is 0 Å². The Labute approximate surface area is 156 Å². The summed E-state index contributed by atoms with van der Waals surface area (Å²) in [7, 11) is 0. The van der Waals surface area contributed by atoms with Crippen molar-refractivity contribution in [1.82, 2.24) is 19.8 Å². The summed E-state index contributed by atoms with van der Waals surface area (Å²) < 4.78 is 5.36. The van der Waals surface area contributed by atoms with Crippen LogP contribution in [0, 0.1) is 0 Å². The predicted octanol–water partition coefficient (Wildman–Crippen LogP) is 2.66. The van der Waals surface area contributed by atoms with Crippen LogP contribution in [0.4, 0.5) is 4.79 Å². The third-order valence-corrected chi connectivity index (χ3v) is 4.70. The highest BCUT2D eigenvalue weighted by molar-refractivity contribution is 5.97. The number of H-pyrrole nitrogens is 1. The summed E-state index contributed by atoms with van der Waals surface area (Å²) in [6, 6.07) is 15.0. The standard InChI is InChI=1S/C20H20N4O3/c25-19(16-6-7-17-18(12-16)22-14-21-17)23-8-10-24(11-9-23)20(26)27-13-15-4-2-1-3-5-15/h1-7,12,14H,8-11,13H2,(H,21,22). The van der Waals surface area contributed by atoms with E-state index in [1.807, 2.05) is 42.5 Å². The molecule has 1 fully saturated rings. The van der Waals surface area contributed by atoms with Gasteiger partial charge in [-0.2, -0.15) is 0 Å². The van der Waals surface area contributed by atoms with Gasteiger partial charge in [0.2, 0.25) is 0 Å². The van der Waals surface area contributed by atoms with Gasteiger partial charge in [-0.05, 0) is 23.8 Å². The van der Waals surface area contributed by atoms with E-state index in [9.17, 15) is 9.59 Å². The summed E-state index contributed by atoms with van der Waals surface area (Å²) in [5.41, 5.74) is 3.24. The molecule has 0 spiro atoms. The molecule has 7 nitrogen and oxygen atoms in total. The number of rotatable bonds is 3. The molecule has 0 aliphatic carbocycles. The number of carbonyl (C=O) groups is 2. The van der Waals surface area contributed by atoms with E-state index in [1.54, 1.807) is 22.2 Å². The van der Waals surface area contributed by atoms with Gasteiger partial charge in [-0.25, -0.2) is 9.78 Å². The third kappa shape index (κ3) is 3.76. The molecule has 1 aliphatic rings. The number of carbonyl (C=O) groups excluding carboxylic acids is 2. The highest BCUT2D eigenvalue weighted by atomic mass is 16.6. The Morgan fingerprint density at radius 2 is 1.74 bits per heavy atom. The van der Waals surface area contributed by atoms with Crippen LogP contribution in [-0.2, 0) is 11.3 Å². The Kier molecular flexibility index (Phi) is 4.74. The molecular weight excluding hydrogens is 344 g/mol. The number of imidazole rings is 1. The van der Waals surface area contributed by atoms with Gasteiger partial charge in [-0.3, -0.25) is 4.79 Å². The molecular formula is C20H20N4O3. The number of benzene rings is 2. The van der Waals surface area contributed by atoms with Crippen LogP contribution in [0.15, 0.2) is 54.9 Å². The molecule has 4 rings (SSSR count). The minimum absolute atomic E-state index is 0.0381. The van der Waals surface area contributed by atoms with Crippen LogP contribution in [-0.4, -0.2) is 57.9 Å². The first-order valence-corrected chi connectivity index (χ1v) is 8.89. The van der Waals surface area contributed by atoms with E-state index in [0.29, 0.717) is 31.7 Å². The van der Waals surface area contributed by atoms with Crippen molar-refractivity contribution in [3.63, 3.8) is 0 Å². The summed E-state index contributed by atoms with van der Waals surface area (Å²) in [4.78, 5) is 35.5. The monoisotopic (exact) mass is 364 g/mol. The van der Waals surface area contributed by atoms with Crippen molar-refractivity contribution in [2.45, 2.75) is 6.61 Å². The quantitative estimate of drug-likeness (QED) is 0.775. The van der Waals surface area contributed by atoms with Crippen LogP contribution in [0.5, 0.6) is 0 Å². The Hall–Kier alpha value is -3.35. The summed E-state index contributed by atoms with van der Waals surface area (Å²) >= 11 is 0. The van der Waals surface area contributed by atoms with Crippen molar-refractivity contribution >= 4 is 23.0 Å². The number of nitrogens with zero attached hydrogens (tertiary/aromatic N) is 3. The lowest BCUT2D eigenvalue weighted by Crippen LogP contribution is -2.50. The van der Waals surface area contributed by atoms with E-state index >= 15 is 0 Å². The summed E-state index contributed by atoms with van der Waals surface area (Å²) in [6.45, 7) is 2.15. The van der Waals surface area contributed by atoms with E-state index in [1.165, 1.54) is 0 Å². The van der Waals surface area contributed by atoms with Crippen molar-refractivity contribution < 1.29 is 14.3 Å². The smallest absolute Gasteiger partial charge is 0.410 e. The highest BCUT2D eigenvalue weighted by Gasteiger charge is 2.25. The maximum atomic E-state index is 12.7. The average Bonchev–Trinajstić information content (AvgIpc) is 3.20. The molecule has 2 heterocycles. The van der Waals surface area contributed by atoms with E-state index in [4.69, 9.17) is 4.74 Å². The van der Waals surface area contributed by atoms with Crippen molar-refractivity contribution in [3.05, 3.63) is 66.0 Å². The largest absolute Gasteiger partial charge is 0.445 e. The van der Waals surface area contributed by atoms with E-state index in [0.717, 1.165) is 16.6 Å². The van der Waals surface area contributed by atoms with Crippen LogP contribution in [0.3, 0.4) is 0 Å². The number of aromatic nitrogens is 2. The molecule has 0 unspecified atom stereocenters. The fourth-order valence-electron chi connectivity index (χ4n) is 3.15. The van der Waals surface area contributed by atoms with E-state index in [2.05, 4.69) is 9.97 Å². The molecule has 7 heteroatoms. The van der Waals surface area contributed by atoms with Crippen LogP contribution in [0.25, 0.3) is 11.0 Å². The zero-order valence-electron chi connectivity index (χ0n) is 14.8. The van der Waals surface area contributed by atoms with Crippen molar-refractivity contribution in [2.24, 2.45) is 0 Å². The first kappa shape index (κ1) is 17.1. The van der Waals surface area contributed by atoms with E-state index < -0.39 is 0 Å². The fraction of sp³-hybridized carbons (Fsp3) is 0.250. The minimum atomic E-state index is -0.343. The molecule has 0 saturated carbocycles. The molecule has 0 radical (unpaired) electrons. The van der Waals surface area contributed by atoms with Crippen molar-refractivity contribution in [2.75, 3.05) is 26.2 Å². The second-order valence-electron chi connectivity index (χ2n) is 6.45. The van der Waals surface area contributed by atoms with Gasteiger partial charge < -0.3 is 19.5 Å². The molecule has 27 heavy (non-hydrogen) atoms. The lowest BCUT2D eigenvalue weighted by Gasteiger charge is -2.34. The van der Waals surface area contributed by atoms with Crippen molar-refractivity contribution in [3.8, 4) is 0 Å². The molecule has 2 aromatic carbocycles. The second-order valence-corrected chi connectivity index (χ2v) is 6.45. The van der Waals surface area contributed by atoms with Crippen LogP contribution in [0.2, 0.25) is 0 Å². The molecule has 1 saturated heterocycles. The number of amides is 2. The lowest BCUT2D eigenvalue weighted by atomic mass is 10.1. The number of nitrogens with one attached hydrogen (secondary N) is 1. The van der Waals surface area contributed by atoms with Crippen LogP contribution < -0.4 is 0 Å². The summed E-state index contributed by atoms with van der Waals surface area (Å²) in [5, 5.41) is 0. The maximum Gasteiger partial charge on any atom is 0.410 e. The number of aromatic amines is 1. The average molecular weight is 364 g/mol. The molecule has 3 aromatic rings. The van der Waals surface area contributed by atoms with Gasteiger partial charge in [0.15, 0.2) is 0 Å². The topological polar surface area (TPSA) is 78.5 Å². The van der Waals surface area contributed by atoms with E-state index in [-0.39, 0.29) is 18.6 Å². The molecule has 1 N–H and O–H groups in total. The van der Waals surface area contributed by atoms with Gasteiger partial charge in [0.05, 0.1) is 17.4 Å². The Morgan fingerprint density at radius 1 is 1.00 bits per heavy atom. The molecule has 1 aromatic heterocycles. The maximum absolute atomic E-state index is 12.7.